The van der Waals surface area contributed by atoms with Gasteiger partial charge in [0.1, 0.15) is 0 Å². The van der Waals surface area contributed by atoms with E-state index in [1.807, 2.05) is 6.92 Å². The van der Waals surface area contributed by atoms with Crippen molar-refractivity contribution in [1.82, 2.24) is 10.6 Å². The molecular formula is C21H34N2O6. The van der Waals surface area contributed by atoms with E-state index in [1.54, 1.807) is 6.08 Å². The molecule has 0 aliphatic carbocycles. The normalized spacial score (nSPS) is 25.3. The minimum Gasteiger partial charge on any atom is -0.478 e. The Balaban J connectivity index is 1.66. The van der Waals surface area contributed by atoms with E-state index >= 15 is 0 Å². The van der Waals surface area contributed by atoms with E-state index in [1.165, 1.54) is 6.08 Å². The van der Waals surface area contributed by atoms with E-state index < -0.39 is 12.1 Å². The highest BCUT2D eigenvalue weighted by Crippen LogP contribution is 2.45. The molecule has 0 aromatic heterocycles. The van der Waals surface area contributed by atoms with Gasteiger partial charge in [0.25, 0.3) is 0 Å². The van der Waals surface area contributed by atoms with Gasteiger partial charge in [-0.2, -0.15) is 0 Å². The van der Waals surface area contributed by atoms with Gasteiger partial charge in [0, 0.05) is 18.5 Å². The van der Waals surface area contributed by atoms with Gasteiger partial charge in [-0.15, -0.1) is 0 Å². The number of nitrogens with one attached hydrogen (secondary N) is 2. The number of hydrogen-bond acceptors (Lipinski definition) is 5. The van der Waals surface area contributed by atoms with Crippen molar-refractivity contribution < 1.29 is 29.0 Å². The number of carbonyl (C=O) groups is 3. The Morgan fingerprint density at radius 1 is 1.10 bits per heavy atom. The maximum absolute atomic E-state index is 11.9. The van der Waals surface area contributed by atoms with E-state index in [0.29, 0.717) is 19.1 Å². The number of carboxylic acids is 1. The largest absolute Gasteiger partial charge is 0.478 e. The molecule has 2 rings (SSSR count). The van der Waals surface area contributed by atoms with E-state index in [9.17, 15) is 14.4 Å². The Bertz CT molecular complexity index is 580. The second-order valence-electron chi connectivity index (χ2n) is 7.80. The zero-order valence-corrected chi connectivity index (χ0v) is 17.2. The Labute approximate surface area is 172 Å². The average molecular weight is 411 g/mol. The van der Waals surface area contributed by atoms with Gasteiger partial charge >= 0.3 is 12.1 Å². The number of ether oxygens (including phenoxy) is 2. The molecule has 2 heterocycles. The molecule has 0 radical (unpaired) electrons. The number of fused-ring (bicyclic) bond motifs is 2. The zero-order chi connectivity index (χ0) is 21.1. The Morgan fingerprint density at radius 2 is 1.86 bits per heavy atom. The fraction of sp³-hybridized carbons (Fsp3) is 0.762. The van der Waals surface area contributed by atoms with Crippen LogP contribution in [0.3, 0.4) is 0 Å². The van der Waals surface area contributed by atoms with Crippen LogP contribution in [-0.2, 0) is 19.1 Å². The van der Waals surface area contributed by atoms with E-state index in [4.69, 9.17) is 14.6 Å². The van der Waals surface area contributed by atoms with Crippen LogP contribution in [0.15, 0.2) is 12.2 Å². The molecule has 0 aromatic carbocycles. The molecule has 0 aromatic rings. The number of hydrogen-bond donors (Lipinski definition) is 3. The topological polar surface area (TPSA) is 114 Å². The summed E-state index contributed by atoms with van der Waals surface area (Å²) in [5, 5.41) is 13.8. The number of unbranched alkanes of at least 4 members (excludes halogenated alkanes) is 3. The number of amides is 2. The van der Waals surface area contributed by atoms with Crippen LogP contribution >= 0.6 is 0 Å². The van der Waals surface area contributed by atoms with Gasteiger partial charge in [-0.25, -0.2) is 9.59 Å². The fourth-order valence-corrected chi connectivity index (χ4v) is 4.17. The molecule has 8 heteroatoms. The maximum atomic E-state index is 11.9. The summed E-state index contributed by atoms with van der Waals surface area (Å²) in [6.45, 7) is 2.88. The molecule has 2 fully saturated rings. The van der Waals surface area contributed by atoms with Gasteiger partial charge in [-0.1, -0.05) is 25.8 Å². The molecule has 2 saturated heterocycles. The molecule has 0 unspecified atom stereocenters. The number of rotatable bonds is 13. The first-order chi connectivity index (χ1) is 14.0. The van der Waals surface area contributed by atoms with Crippen LogP contribution in [0.4, 0.5) is 4.79 Å². The van der Waals surface area contributed by atoms with Crippen LogP contribution < -0.4 is 10.6 Å². The van der Waals surface area contributed by atoms with Crippen molar-refractivity contribution in [3.8, 4) is 0 Å². The van der Waals surface area contributed by atoms with Crippen molar-refractivity contribution in [3.05, 3.63) is 12.2 Å². The molecule has 164 valence electrons. The van der Waals surface area contributed by atoms with Crippen LogP contribution in [-0.4, -0.2) is 55.0 Å². The molecule has 0 saturated carbocycles. The highest BCUT2D eigenvalue weighted by atomic mass is 16.6. The molecule has 3 N–H and O–H groups in total. The lowest BCUT2D eigenvalue weighted by atomic mass is 9.77. The van der Waals surface area contributed by atoms with Crippen LogP contribution in [0.2, 0.25) is 0 Å². The third-order valence-electron chi connectivity index (χ3n) is 5.66. The van der Waals surface area contributed by atoms with Crippen molar-refractivity contribution in [3.63, 3.8) is 0 Å². The summed E-state index contributed by atoms with van der Waals surface area (Å²) in [5.41, 5.74) is 0. The molecule has 2 aliphatic heterocycles. The maximum Gasteiger partial charge on any atom is 0.407 e. The van der Waals surface area contributed by atoms with E-state index in [2.05, 4.69) is 10.6 Å². The minimum atomic E-state index is -0.916. The first kappa shape index (κ1) is 23.2. The minimum absolute atomic E-state index is 0.0803. The molecule has 4 atom stereocenters. The van der Waals surface area contributed by atoms with E-state index in [-0.39, 0.29) is 30.6 Å². The van der Waals surface area contributed by atoms with Gasteiger partial charge < -0.3 is 25.2 Å². The van der Waals surface area contributed by atoms with E-state index in [0.717, 1.165) is 51.4 Å². The summed E-state index contributed by atoms with van der Waals surface area (Å²) < 4.78 is 11.4. The lowest BCUT2D eigenvalue weighted by molar-refractivity contribution is -0.131. The van der Waals surface area contributed by atoms with Gasteiger partial charge in [-0.3, -0.25) is 4.79 Å². The van der Waals surface area contributed by atoms with Gasteiger partial charge in [0.15, 0.2) is 0 Å². The number of aliphatic carboxylic acids is 1. The molecule has 8 nitrogen and oxygen atoms in total. The van der Waals surface area contributed by atoms with Crippen molar-refractivity contribution >= 4 is 18.0 Å². The molecule has 2 bridgehead atoms. The molecule has 0 spiro atoms. The zero-order valence-electron chi connectivity index (χ0n) is 17.2. The monoisotopic (exact) mass is 410 g/mol. The molecule has 29 heavy (non-hydrogen) atoms. The Kier molecular flexibility index (Phi) is 9.97. The molecule has 2 aliphatic rings. The summed E-state index contributed by atoms with van der Waals surface area (Å²) >= 11 is 0. The summed E-state index contributed by atoms with van der Waals surface area (Å²) in [6, 6.07) is 0. The fourth-order valence-electron chi connectivity index (χ4n) is 4.17. The highest BCUT2D eigenvalue weighted by molar-refractivity contribution is 5.82. The highest BCUT2D eigenvalue weighted by Gasteiger charge is 2.48. The second-order valence-corrected chi connectivity index (χ2v) is 7.80. The predicted octanol–water partition coefficient (Wildman–Crippen LogP) is 2.62. The van der Waals surface area contributed by atoms with Crippen LogP contribution in [0, 0.1) is 11.8 Å². The third kappa shape index (κ3) is 8.04. The van der Waals surface area contributed by atoms with Gasteiger partial charge in [0.2, 0.25) is 5.91 Å². The first-order valence-electron chi connectivity index (χ1n) is 10.7. The molecular weight excluding hydrogens is 376 g/mol. The van der Waals surface area contributed by atoms with Gasteiger partial charge in [-0.05, 0) is 44.4 Å². The van der Waals surface area contributed by atoms with Crippen LogP contribution in [0.25, 0.3) is 0 Å². The Morgan fingerprint density at radius 3 is 2.59 bits per heavy atom. The summed E-state index contributed by atoms with van der Waals surface area (Å²) in [7, 11) is 0. The summed E-state index contributed by atoms with van der Waals surface area (Å²) in [4.78, 5) is 34.0. The lowest BCUT2D eigenvalue weighted by Crippen LogP contribution is -2.39. The lowest BCUT2D eigenvalue weighted by Gasteiger charge is -2.27. The summed E-state index contributed by atoms with van der Waals surface area (Å²) in [6.07, 6.45) is 10.3. The standard InChI is InChI=1S/C21H34N2O6/c1-2-3-12-22-19(24)13-23-21(27)28-14-16-15(17-10-11-18(16)29-17)8-6-4-5-7-9-20(25)26/h7,9,15-18H,2-6,8,10-14H2,1H3,(H,22,24)(H,23,27)(H,25,26)/t15-,16+,17-,18+/m1/s1. The SMILES string of the molecule is CCCCNC(=O)CNC(=O)OC[C@H]1[C@@H](CCCCC=CC(=O)O)[C@H]2CC[C@@H]1O2. The number of alkyl carbamates (subject to hydrolysis) is 1. The number of carbonyl (C=O) groups excluding carboxylic acids is 2. The first-order valence-corrected chi connectivity index (χ1v) is 10.7. The second kappa shape index (κ2) is 12.5. The quantitative estimate of drug-likeness (QED) is 0.318. The van der Waals surface area contributed by atoms with Crippen molar-refractivity contribution in [2.45, 2.75) is 70.5 Å². The van der Waals surface area contributed by atoms with Crippen molar-refractivity contribution in [1.29, 1.82) is 0 Å². The molecule has 2 amide bonds. The van der Waals surface area contributed by atoms with Crippen LogP contribution in [0.1, 0.15) is 58.3 Å². The third-order valence-corrected chi connectivity index (χ3v) is 5.66. The summed E-state index contributed by atoms with van der Waals surface area (Å²) in [5.74, 6) is -0.580. The Hall–Kier alpha value is -2.09. The van der Waals surface area contributed by atoms with Gasteiger partial charge in [0.05, 0.1) is 25.4 Å². The van der Waals surface area contributed by atoms with Crippen LogP contribution in [0.5, 0.6) is 0 Å². The predicted molar refractivity (Wildman–Crippen MR) is 107 cm³/mol. The average Bonchev–Trinajstić information content (AvgIpc) is 3.29. The number of carboxylic acid groups (broad SMARTS) is 1. The van der Waals surface area contributed by atoms with Crippen molar-refractivity contribution in [2.75, 3.05) is 19.7 Å². The number of allylic oxidation sites excluding steroid dienone is 1. The van der Waals surface area contributed by atoms with Crippen molar-refractivity contribution in [2.24, 2.45) is 11.8 Å². The smallest absolute Gasteiger partial charge is 0.407 e.